The van der Waals surface area contributed by atoms with E-state index in [0.717, 1.165) is 31.2 Å². The van der Waals surface area contributed by atoms with Gasteiger partial charge in [-0.1, -0.05) is 18.9 Å². The van der Waals surface area contributed by atoms with Gasteiger partial charge in [-0.15, -0.1) is 0 Å². The molecule has 0 aromatic carbocycles. The van der Waals surface area contributed by atoms with Crippen molar-refractivity contribution >= 4 is 15.9 Å². The lowest BCUT2D eigenvalue weighted by Crippen LogP contribution is -2.60. The SMILES string of the molecule is O=C(CCc1cccnc1)N1CC(S(=O)(=O)NC2CCCC2)C1. The number of likely N-dealkylation sites (tertiary alicyclic amines) is 1. The normalized spacial score (nSPS) is 19.7. The van der Waals surface area contributed by atoms with Gasteiger partial charge >= 0.3 is 0 Å². The van der Waals surface area contributed by atoms with Crippen LogP contribution in [0.3, 0.4) is 0 Å². The molecule has 6 nitrogen and oxygen atoms in total. The molecule has 0 spiro atoms. The number of rotatable bonds is 6. The molecule has 1 N–H and O–H groups in total. The number of amides is 1. The van der Waals surface area contributed by atoms with E-state index < -0.39 is 15.3 Å². The summed E-state index contributed by atoms with van der Waals surface area (Å²) >= 11 is 0. The van der Waals surface area contributed by atoms with Crippen LogP contribution in [0.4, 0.5) is 0 Å². The number of hydrogen-bond acceptors (Lipinski definition) is 4. The van der Waals surface area contributed by atoms with Crippen LogP contribution in [0.5, 0.6) is 0 Å². The molecule has 2 aliphatic rings. The van der Waals surface area contributed by atoms with Gasteiger partial charge in [0.25, 0.3) is 0 Å². The Morgan fingerprint density at radius 1 is 1.30 bits per heavy atom. The summed E-state index contributed by atoms with van der Waals surface area (Å²) in [5, 5.41) is -0.453. The van der Waals surface area contributed by atoms with Crippen molar-refractivity contribution in [1.82, 2.24) is 14.6 Å². The fourth-order valence-corrected chi connectivity index (χ4v) is 4.81. The first-order chi connectivity index (χ1) is 11.0. The van der Waals surface area contributed by atoms with E-state index in [9.17, 15) is 13.2 Å². The summed E-state index contributed by atoms with van der Waals surface area (Å²) in [4.78, 5) is 17.8. The van der Waals surface area contributed by atoms with Gasteiger partial charge in [-0.2, -0.15) is 0 Å². The maximum Gasteiger partial charge on any atom is 0.222 e. The Kier molecular flexibility index (Phi) is 4.96. The van der Waals surface area contributed by atoms with Gasteiger partial charge in [-0.25, -0.2) is 13.1 Å². The standard InChI is InChI=1S/C16H23N3O3S/c20-16(8-7-13-4-3-9-17-10-13)19-11-15(12-19)23(21,22)18-14-5-1-2-6-14/h3-4,9-10,14-15,18H,1-2,5-8,11-12H2. The van der Waals surface area contributed by atoms with Gasteiger partial charge in [0.05, 0.1) is 0 Å². The average molecular weight is 337 g/mol. The molecule has 126 valence electrons. The van der Waals surface area contributed by atoms with Crippen molar-refractivity contribution in [2.45, 2.75) is 49.8 Å². The lowest BCUT2D eigenvalue weighted by atomic mass is 10.1. The molecule has 1 aliphatic carbocycles. The number of carbonyl (C=O) groups excluding carboxylic acids is 1. The van der Waals surface area contributed by atoms with Crippen molar-refractivity contribution in [3.05, 3.63) is 30.1 Å². The zero-order valence-corrected chi connectivity index (χ0v) is 14.0. The average Bonchev–Trinajstić information content (AvgIpc) is 2.96. The molecule has 0 bridgehead atoms. The van der Waals surface area contributed by atoms with Gasteiger partial charge < -0.3 is 4.90 Å². The van der Waals surface area contributed by atoms with Crippen molar-refractivity contribution in [3.8, 4) is 0 Å². The highest BCUT2D eigenvalue weighted by molar-refractivity contribution is 7.90. The Morgan fingerprint density at radius 3 is 2.70 bits per heavy atom. The number of aryl methyl sites for hydroxylation is 1. The Morgan fingerprint density at radius 2 is 2.04 bits per heavy atom. The molecule has 1 aromatic rings. The van der Waals surface area contributed by atoms with Crippen molar-refractivity contribution in [3.63, 3.8) is 0 Å². The van der Waals surface area contributed by atoms with Gasteiger partial charge in [0, 0.05) is 37.9 Å². The molecule has 7 heteroatoms. The van der Waals surface area contributed by atoms with Crippen molar-refractivity contribution < 1.29 is 13.2 Å². The van der Waals surface area contributed by atoms with E-state index in [4.69, 9.17) is 0 Å². The smallest absolute Gasteiger partial charge is 0.222 e. The van der Waals surface area contributed by atoms with Gasteiger partial charge in [0.2, 0.25) is 15.9 Å². The number of pyridine rings is 1. The molecule has 2 heterocycles. The highest BCUT2D eigenvalue weighted by atomic mass is 32.2. The summed E-state index contributed by atoms with van der Waals surface area (Å²) in [7, 11) is -3.29. The minimum atomic E-state index is -3.29. The van der Waals surface area contributed by atoms with E-state index in [-0.39, 0.29) is 11.9 Å². The maximum absolute atomic E-state index is 12.3. The van der Waals surface area contributed by atoms with E-state index in [1.807, 2.05) is 12.1 Å². The van der Waals surface area contributed by atoms with E-state index in [0.29, 0.717) is 25.9 Å². The van der Waals surface area contributed by atoms with E-state index >= 15 is 0 Å². The number of carbonyl (C=O) groups is 1. The number of sulfonamides is 1. The lowest BCUT2D eigenvalue weighted by molar-refractivity contribution is -0.134. The third-order valence-electron chi connectivity index (χ3n) is 4.68. The second-order valence-corrected chi connectivity index (χ2v) is 8.42. The van der Waals surface area contributed by atoms with Gasteiger partial charge in [-0.3, -0.25) is 9.78 Å². The van der Waals surface area contributed by atoms with Crippen LogP contribution in [-0.2, 0) is 21.2 Å². The lowest BCUT2D eigenvalue weighted by Gasteiger charge is -2.39. The minimum absolute atomic E-state index is 0.0150. The first-order valence-electron chi connectivity index (χ1n) is 8.22. The fourth-order valence-electron chi connectivity index (χ4n) is 3.17. The van der Waals surface area contributed by atoms with Gasteiger partial charge in [0.15, 0.2) is 0 Å². The van der Waals surface area contributed by atoms with Crippen LogP contribution in [0.15, 0.2) is 24.5 Å². The summed E-state index contributed by atoms with van der Waals surface area (Å²) < 4.78 is 27.3. The van der Waals surface area contributed by atoms with Crippen LogP contribution in [0.25, 0.3) is 0 Å². The summed E-state index contributed by atoms with van der Waals surface area (Å²) in [6, 6.07) is 3.88. The number of nitrogens with one attached hydrogen (secondary N) is 1. The first kappa shape index (κ1) is 16.4. The quantitative estimate of drug-likeness (QED) is 0.843. The molecule has 1 amide bonds. The van der Waals surface area contributed by atoms with Crippen LogP contribution >= 0.6 is 0 Å². The van der Waals surface area contributed by atoms with E-state index in [1.54, 1.807) is 17.3 Å². The highest BCUT2D eigenvalue weighted by Crippen LogP contribution is 2.22. The molecule has 0 atom stereocenters. The molecule has 1 aromatic heterocycles. The molecule has 3 rings (SSSR count). The second kappa shape index (κ2) is 6.97. The highest BCUT2D eigenvalue weighted by Gasteiger charge is 2.40. The minimum Gasteiger partial charge on any atom is -0.340 e. The van der Waals surface area contributed by atoms with E-state index in [1.165, 1.54) is 0 Å². The summed E-state index contributed by atoms with van der Waals surface area (Å²) in [5.41, 5.74) is 1.02. The molecule has 0 radical (unpaired) electrons. The van der Waals surface area contributed by atoms with Crippen molar-refractivity contribution in [2.75, 3.05) is 13.1 Å². The van der Waals surface area contributed by atoms with Crippen LogP contribution in [0.2, 0.25) is 0 Å². The number of aromatic nitrogens is 1. The Balaban J connectivity index is 1.43. The molecule has 0 unspecified atom stereocenters. The predicted octanol–water partition coefficient (Wildman–Crippen LogP) is 1.09. The maximum atomic E-state index is 12.3. The molecule has 2 fully saturated rings. The van der Waals surface area contributed by atoms with Gasteiger partial charge in [-0.05, 0) is 30.9 Å². The molecule has 1 saturated carbocycles. The molecule has 1 aliphatic heterocycles. The predicted molar refractivity (Wildman–Crippen MR) is 87.2 cm³/mol. The first-order valence-corrected chi connectivity index (χ1v) is 9.77. The van der Waals surface area contributed by atoms with Crippen LogP contribution in [0, 0.1) is 0 Å². The number of nitrogens with zero attached hydrogens (tertiary/aromatic N) is 2. The van der Waals surface area contributed by atoms with Gasteiger partial charge in [0.1, 0.15) is 5.25 Å². The largest absolute Gasteiger partial charge is 0.340 e. The van der Waals surface area contributed by atoms with Crippen molar-refractivity contribution in [2.24, 2.45) is 0 Å². The Bertz CT molecular complexity index is 636. The zero-order chi connectivity index (χ0) is 16.3. The third kappa shape index (κ3) is 4.09. The van der Waals surface area contributed by atoms with Crippen LogP contribution < -0.4 is 4.72 Å². The third-order valence-corrected chi connectivity index (χ3v) is 6.51. The summed E-state index contributed by atoms with van der Waals surface area (Å²) in [5.74, 6) is 0.0150. The fraction of sp³-hybridized carbons (Fsp3) is 0.625. The molecule has 1 saturated heterocycles. The zero-order valence-electron chi connectivity index (χ0n) is 13.1. The van der Waals surface area contributed by atoms with Crippen LogP contribution in [-0.4, -0.2) is 48.6 Å². The molecule has 23 heavy (non-hydrogen) atoms. The number of hydrogen-bond donors (Lipinski definition) is 1. The summed E-state index contributed by atoms with van der Waals surface area (Å²) in [6.07, 6.45) is 8.54. The van der Waals surface area contributed by atoms with Crippen LogP contribution in [0.1, 0.15) is 37.7 Å². The molecular formula is C16H23N3O3S. The summed E-state index contributed by atoms with van der Waals surface area (Å²) in [6.45, 7) is 0.627. The van der Waals surface area contributed by atoms with E-state index in [2.05, 4.69) is 9.71 Å². The Hall–Kier alpha value is -1.47. The molecular weight excluding hydrogens is 314 g/mol. The second-order valence-electron chi connectivity index (χ2n) is 6.43. The van der Waals surface area contributed by atoms with Crippen molar-refractivity contribution in [1.29, 1.82) is 0 Å². The topological polar surface area (TPSA) is 79.4 Å². The Labute approximate surface area is 137 Å². The monoisotopic (exact) mass is 337 g/mol.